The molecule has 3 aromatic carbocycles. The van der Waals surface area contributed by atoms with Gasteiger partial charge < -0.3 is 14.5 Å². The highest BCUT2D eigenvalue weighted by Crippen LogP contribution is 2.50. The minimum Gasteiger partial charge on any atom is -0.441 e. The molecule has 180 valence electrons. The van der Waals surface area contributed by atoms with Crippen molar-refractivity contribution >= 4 is 35.8 Å². The summed E-state index contributed by atoms with van der Waals surface area (Å²) in [6.07, 6.45) is 1.04. The quantitative estimate of drug-likeness (QED) is 0.405. The molecule has 3 aliphatic heterocycles. The molecule has 0 fully saturated rings. The number of esters is 1. The summed E-state index contributed by atoms with van der Waals surface area (Å²) in [4.78, 5) is 18.2. The van der Waals surface area contributed by atoms with Gasteiger partial charge in [-0.2, -0.15) is 0 Å². The normalized spacial score (nSPS) is 20.8. The van der Waals surface area contributed by atoms with Gasteiger partial charge in [0.05, 0.1) is 5.56 Å². The number of hydrogen-bond acceptors (Lipinski definition) is 4. The van der Waals surface area contributed by atoms with Crippen LogP contribution in [0.25, 0.3) is 0 Å². The first-order valence-electron chi connectivity index (χ1n) is 13.0. The number of ether oxygens (including phenoxy) is 1. The molecule has 1 spiro atoms. The number of benzene rings is 3. The predicted octanol–water partition coefficient (Wildman–Crippen LogP) is 4.51. The van der Waals surface area contributed by atoms with Crippen molar-refractivity contribution in [2.24, 2.45) is 0 Å². The zero-order chi connectivity index (χ0) is 24.5. The molecule has 0 aromatic heterocycles. The van der Waals surface area contributed by atoms with Gasteiger partial charge in [-0.1, -0.05) is 37.4 Å². The third kappa shape index (κ3) is 2.88. The molecule has 35 heavy (non-hydrogen) atoms. The van der Waals surface area contributed by atoms with E-state index < -0.39 is 13.7 Å². The smallest absolute Gasteiger partial charge is 0.340 e. The highest BCUT2D eigenvalue weighted by molar-refractivity contribution is 7.01. The monoisotopic (exact) mass is 482 g/mol. The Kier molecular flexibility index (Phi) is 4.95. The molecule has 0 radical (unpaired) electrons. The van der Waals surface area contributed by atoms with Gasteiger partial charge in [-0.25, -0.2) is 4.79 Å². The molecule has 6 rings (SSSR count). The highest BCUT2D eigenvalue weighted by atomic mass is 28.3. The molecule has 0 amide bonds. The second kappa shape index (κ2) is 7.72. The van der Waals surface area contributed by atoms with Gasteiger partial charge in [-0.05, 0) is 73.5 Å². The Labute approximate surface area is 209 Å². The van der Waals surface area contributed by atoms with Crippen molar-refractivity contribution in [3.05, 3.63) is 82.4 Å². The van der Waals surface area contributed by atoms with Crippen LogP contribution < -0.4 is 20.2 Å². The van der Waals surface area contributed by atoms with Crippen LogP contribution >= 0.6 is 0 Å². The molecule has 0 aliphatic carbocycles. The van der Waals surface area contributed by atoms with Crippen LogP contribution in [0.2, 0.25) is 13.1 Å². The van der Waals surface area contributed by atoms with E-state index in [-0.39, 0.29) is 5.97 Å². The average Bonchev–Trinajstić information content (AvgIpc) is 3.42. The Morgan fingerprint density at radius 1 is 0.943 bits per heavy atom. The van der Waals surface area contributed by atoms with Crippen LogP contribution in [0.5, 0.6) is 0 Å². The molecule has 3 aliphatic rings. The van der Waals surface area contributed by atoms with Crippen molar-refractivity contribution in [3.8, 4) is 0 Å². The molecule has 3 heterocycles. The molecular weight excluding hydrogens is 448 g/mol. The van der Waals surface area contributed by atoms with Gasteiger partial charge in [0.2, 0.25) is 0 Å². The van der Waals surface area contributed by atoms with E-state index in [0.717, 1.165) is 43.7 Å². The average molecular weight is 483 g/mol. The molecular formula is C30H34N2O2Si. The Bertz CT molecular complexity index is 1360. The Morgan fingerprint density at radius 2 is 1.69 bits per heavy atom. The summed E-state index contributed by atoms with van der Waals surface area (Å²) < 4.78 is 6.53. The van der Waals surface area contributed by atoms with Crippen molar-refractivity contribution in [1.29, 1.82) is 0 Å². The number of likely N-dealkylation sites (N-methyl/N-ethyl adjacent to an activating group) is 1. The van der Waals surface area contributed by atoms with E-state index in [2.05, 4.69) is 80.1 Å². The van der Waals surface area contributed by atoms with Crippen molar-refractivity contribution in [2.45, 2.75) is 45.9 Å². The van der Waals surface area contributed by atoms with E-state index >= 15 is 0 Å². The number of hydrogen-bond donors (Lipinski definition) is 0. The van der Waals surface area contributed by atoms with Crippen LogP contribution in [-0.2, 0) is 16.8 Å². The van der Waals surface area contributed by atoms with Gasteiger partial charge in [-0.15, -0.1) is 0 Å². The number of nitrogens with zero attached hydrogens (tertiary/aromatic N) is 2. The Hall–Kier alpha value is -3.05. The zero-order valence-electron chi connectivity index (χ0n) is 21.4. The summed E-state index contributed by atoms with van der Waals surface area (Å²) in [6.45, 7) is 15.6. The van der Waals surface area contributed by atoms with E-state index in [1.54, 1.807) is 0 Å². The van der Waals surface area contributed by atoms with Gasteiger partial charge in [0, 0.05) is 54.2 Å². The first-order chi connectivity index (χ1) is 16.9. The summed E-state index contributed by atoms with van der Waals surface area (Å²) >= 11 is 0. The number of carbonyl (C=O) groups excluding carboxylic acids is 1. The predicted molar refractivity (Wildman–Crippen MR) is 147 cm³/mol. The molecule has 0 saturated heterocycles. The number of carbonyl (C=O) groups is 1. The third-order valence-corrected chi connectivity index (χ3v) is 12.1. The maximum absolute atomic E-state index is 13.3. The van der Waals surface area contributed by atoms with Gasteiger partial charge in [-0.3, -0.25) is 0 Å². The molecule has 5 heteroatoms. The fraction of sp³-hybridized carbons (Fsp3) is 0.367. The lowest BCUT2D eigenvalue weighted by atomic mass is 9.78. The van der Waals surface area contributed by atoms with Crippen LogP contribution in [0.15, 0.2) is 54.6 Å². The van der Waals surface area contributed by atoms with Crippen molar-refractivity contribution in [2.75, 3.05) is 36.0 Å². The van der Waals surface area contributed by atoms with Crippen LogP contribution in [-0.4, -0.2) is 40.2 Å². The molecule has 0 saturated carbocycles. The lowest BCUT2D eigenvalue weighted by Crippen LogP contribution is -2.63. The van der Waals surface area contributed by atoms with Crippen LogP contribution in [0.3, 0.4) is 0 Å². The first-order valence-corrected chi connectivity index (χ1v) is 16.0. The van der Waals surface area contributed by atoms with E-state index in [1.165, 1.54) is 32.9 Å². The number of rotatable bonds is 4. The molecule has 3 aromatic rings. The molecule has 1 unspecified atom stereocenters. The number of fused-ring (bicyclic) bond motifs is 7. The van der Waals surface area contributed by atoms with E-state index in [0.29, 0.717) is 5.56 Å². The van der Waals surface area contributed by atoms with E-state index in [4.69, 9.17) is 4.74 Å². The largest absolute Gasteiger partial charge is 0.441 e. The molecule has 4 nitrogen and oxygen atoms in total. The van der Waals surface area contributed by atoms with Crippen LogP contribution in [0.4, 0.5) is 11.4 Å². The maximum Gasteiger partial charge on any atom is 0.340 e. The standard InChI is InChI=1S/C30H34N2O2Si/c1-6-31(7-2)21-13-14-24-27(18-21)35(4,5)28-19-26-20(15-16-32(26)8-3)17-25(28)30(24)23-12-10-9-11-22(23)29(33)34-30/h9-14,17-19H,6-8,15-16H2,1-5H3. The second-order valence-corrected chi connectivity index (χ2v) is 14.8. The minimum absolute atomic E-state index is 0.220. The van der Waals surface area contributed by atoms with Crippen LogP contribution in [0, 0.1) is 0 Å². The van der Waals surface area contributed by atoms with Crippen LogP contribution in [0.1, 0.15) is 53.4 Å². The van der Waals surface area contributed by atoms with Crippen molar-refractivity contribution in [3.63, 3.8) is 0 Å². The molecule has 1 atom stereocenters. The summed E-state index contributed by atoms with van der Waals surface area (Å²) in [5.74, 6) is -0.220. The Balaban J connectivity index is 1.70. The summed E-state index contributed by atoms with van der Waals surface area (Å²) in [7, 11) is -2.10. The highest BCUT2D eigenvalue weighted by Gasteiger charge is 2.56. The lowest BCUT2D eigenvalue weighted by Gasteiger charge is -2.44. The van der Waals surface area contributed by atoms with Gasteiger partial charge in [0.15, 0.2) is 5.60 Å². The minimum atomic E-state index is -2.10. The lowest BCUT2D eigenvalue weighted by molar-refractivity contribution is 0.0255. The summed E-state index contributed by atoms with van der Waals surface area (Å²) in [6, 6.07) is 19.7. The topological polar surface area (TPSA) is 32.8 Å². The second-order valence-electron chi connectivity index (χ2n) is 10.5. The fourth-order valence-corrected chi connectivity index (χ4v) is 9.84. The van der Waals surface area contributed by atoms with Gasteiger partial charge >= 0.3 is 5.97 Å². The third-order valence-electron chi connectivity index (χ3n) is 8.60. The van der Waals surface area contributed by atoms with E-state index in [1.807, 2.05) is 18.2 Å². The van der Waals surface area contributed by atoms with Gasteiger partial charge in [0.25, 0.3) is 0 Å². The van der Waals surface area contributed by atoms with Crippen molar-refractivity contribution < 1.29 is 9.53 Å². The summed E-state index contributed by atoms with van der Waals surface area (Å²) in [5.41, 5.74) is 7.13. The van der Waals surface area contributed by atoms with E-state index in [9.17, 15) is 4.79 Å². The number of anilines is 2. The SMILES string of the molecule is CCN(CC)c1ccc2c(c1)[Si](C)(C)c1cc3c(cc1C21OC(=O)c2ccccc21)CCN3CC. The maximum atomic E-state index is 13.3. The van der Waals surface area contributed by atoms with Gasteiger partial charge in [0.1, 0.15) is 8.07 Å². The zero-order valence-corrected chi connectivity index (χ0v) is 22.4. The molecule has 0 N–H and O–H groups in total. The fourth-order valence-electron chi connectivity index (χ4n) is 6.69. The van der Waals surface area contributed by atoms with Crippen molar-refractivity contribution in [1.82, 2.24) is 0 Å². The molecule has 0 bridgehead atoms. The summed E-state index contributed by atoms with van der Waals surface area (Å²) in [5, 5.41) is 2.77. The first kappa shape index (κ1) is 22.4. The Morgan fingerprint density at radius 3 is 2.43 bits per heavy atom.